The molecule has 0 fully saturated rings. The highest BCUT2D eigenvalue weighted by atomic mass is 32.2. The number of rotatable bonds is 8. The van der Waals surface area contributed by atoms with E-state index in [-0.39, 0.29) is 29.7 Å². The zero-order valence-corrected chi connectivity index (χ0v) is 17.1. The van der Waals surface area contributed by atoms with Crippen molar-refractivity contribution in [2.75, 3.05) is 12.3 Å². The minimum Gasteiger partial charge on any atom is -0.355 e. The monoisotopic (exact) mass is 420 g/mol. The third-order valence-electron chi connectivity index (χ3n) is 3.82. The molecule has 0 unspecified atom stereocenters. The lowest BCUT2D eigenvalue weighted by atomic mass is 10.1. The van der Waals surface area contributed by atoms with E-state index in [0.29, 0.717) is 10.8 Å². The Kier molecular flexibility index (Phi) is 6.20. The van der Waals surface area contributed by atoms with Gasteiger partial charge in [0, 0.05) is 24.1 Å². The molecule has 0 radical (unpaired) electrons. The average Bonchev–Trinajstić information content (AvgIpc) is 3.31. The van der Waals surface area contributed by atoms with E-state index >= 15 is 0 Å². The molecule has 28 heavy (non-hydrogen) atoms. The van der Waals surface area contributed by atoms with Gasteiger partial charge < -0.3 is 9.84 Å². The van der Waals surface area contributed by atoms with Crippen molar-refractivity contribution in [1.29, 1.82) is 0 Å². The molecule has 0 bridgehead atoms. The standard InChI is InChI=1S/C18H20N4O4S2/c1-12(2)18-21-20-16(27-18)11-28(24,25)9-8-19-17(23)14-10-15(26-22-14)13-6-4-3-5-7-13/h3-7,10,12H,8-9,11H2,1-2H3,(H,19,23). The van der Waals surface area contributed by atoms with Crippen LogP contribution in [0.15, 0.2) is 40.9 Å². The summed E-state index contributed by atoms with van der Waals surface area (Å²) in [6.45, 7) is 3.92. The Bertz CT molecular complexity index is 1040. The molecule has 3 aromatic rings. The van der Waals surface area contributed by atoms with Gasteiger partial charge in [-0.15, -0.1) is 21.5 Å². The molecule has 2 aromatic heterocycles. The average molecular weight is 421 g/mol. The minimum absolute atomic E-state index is 0.0233. The summed E-state index contributed by atoms with van der Waals surface area (Å²) in [6.07, 6.45) is 0. The summed E-state index contributed by atoms with van der Waals surface area (Å²) in [5, 5.41) is 15.5. The fourth-order valence-corrected chi connectivity index (χ4v) is 4.76. The highest BCUT2D eigenvalue weighted by molar-refractivity contribution is 7.90. The van der Waals surface area contributed by atoms with Gasteiger partial charge in [-0.05, 0) is 0 Å². The van der Waals surface area contributed by atoms with Gasteiger partial charge in [-0.2, -0.15) is 0 Å². The number of sulfone groups is 1. The van der Waals surface area contributed by atoms with Crippen LogP contribution in [0.4, 0.5) is 0 Å². The highest BCUT2D eigenvalue weighted by Crippen LogP contribution is 2.21. The first-order valence-corrected chi connectivity index (χ1v) is 11.3. The van der Waals surface area contributed by atoms with Crippen LogP contribution in [-0.4, -0.2) is 42.0 Å². The highest BCUT2D eigenvalue weighted by Gasteiger charge is 2.18. The molecule has 0 saturated heterocycles. The molecule has 2 heterocycles. The Morgan fingerprint density at radius 3 is 2.64 bits per heavy atom. The first kappa shape index (κ1) is 20.2. The maximum Gasteiger partial charge on any atom is 0.273 e. The summed E-state index contributed by atoms with van der Waals surface area (Å²) in [6, 6.07) is 10.8. The summed E-state index contributed by atoms with van der Waals surface area (Å²) >= 11 is 1.29. The summed E-state index contributed by atoms with van der Waals surface area (Å²) in [7, 11) is -3.41. The van der Waals surface area contributed by atoms with Crippen molar-refractivity contribution in [3.8, 4) is 11.3 Å². The molecular formula is C18H20N4O4S2. The molecule has 1 N–H and O–H groups in total. The maximum absolute atomic E-state index is 12.2. The van der Waals surface area contributed by atoms with Crippen LogP contribution in [0.3, 0.4) is 0 Å². The second-order valence-electron chi connectivity index (χ2n) is 6.48. The predicted molar refractivity (Wildman–Crippen MR) is 106 cm³/mol. The van der Waals surface area contributed by atoms with Crippen LogP contribution in [0, 0.1) is 0 Å². The van der Waals surface area contributed by atoms with Crippen molar-refractivity contribution < 1.29 is 17.7 Å². The minimum atomic E-state index is -3.41. The molecule has 1 aromatic carbocycles. The fourth-order valence-electron chi connectivity index (χ4n) is 2.35. The van der Waals surface area contributed by atoms with E-state index < -0.39 is 15.7 Å². The third-order valence-corrected chi connectivity index (χ3v) is 6.77. The van der Waals surface area contributed by atoms with Crippen LogP contribution >= 0.6 is 11.3 Å². The van der Waals surface area contributed by atoms with Crippen LogP contribution in [-0.2, 0) is 15.6 Å². The van der Waals surface area contributed by atoms with Gasteiger partial charge in [0.15, 0.2) is 21.3 Å². The largest absolute Gasteiger partial charge is 0.355 e. The van der Waals surface area contributed by atoms with Crippen molar-refractivity contribution >= 4 is 27.1 Å². The second kappa shape index (κ2) is 8.61. The van der Waals surface area contributed by atoms with E-state index in [0.717, 1.165) is 10.6 Å². The number of hydrogen-bond donors (Lipinski definition) is 1. The smallest absolute Gasteiger partial charge is 0.273 e. The number of nitrogens with one attached hydrogen (secondary N) is 1. The number of benzene rings is 1. The molecular weight excluding hydrogens is 400 g/mol. The normalized spacial score (nSPS) is 11.7. The zero-order valence-electron chi connectivity index (χ0n) is 15.5. The van der Waals surface area contributed by atoms with Gasteiger partial charge in [0.2, 0.25) is 0 Å². The van der Waals surface area contributed by atoms with Crippen LogP contribution in [0.1, 0.15) is 40.3 Å². The number of amides is 1. The van der Waals surface area contributed by atoms with E-state index in [9.17, 15) is 13.2 Å². The van der Waals surface area contributed by atoms with Crippen LogP contribution in [0.2, 0.25) is 0 Å². The van der Waals surface area contributed by atoms with Crippen LogP contribution in [0.5, 0.6) is 0 Å². The molecule has 3 rings (SSSR count). The topological polar surface area (TPSA) is 115 Å². The summed E-state index contributed by atoms with van der Waals surface area (Å²) in [5.74, 6) is -0.195. The Morgan fingerprint density at radius 1 is 1.21 bits per heavy atom. The van der Waals surface area contributed by atoms with E-state index in [1.807, 2.05) is 44.2 Å². The molecule has 0 aliphatic heterocycles. The zero-order chi connectivity index (χ0) is 20.1. The van der Waals surface area contributed by atoms with Gasteiger partial charge in [-0.3, -0.25) is 4.79 Å². The number of hydrogen-bond acceptors (Lipinski definition) is 8. The van der Waals surface area contributed by atoms with Crippen molar-refractivity contribution in [2.45, 2.75) is 25.5 Å². The molecule has 0 aliphatic rings. The van der Waals surface area contributed by atoms with E-state index in [4.69, 9.17) is 4.52 Å². The summed E-state index contributed by atoms with van der Waals surface area (Å²) in [4.78, 5) is 12.2. The predicted octanol–water partition coefficient (Wildman–Crippen LogP) is 2.66. The molecule has 0 spiro atoms. The molecule has 8 nitrogen and oxygen atoms in total. The SMILES string of the molecule is CC(C)c1nnc(CS(=O)(=O)CCNC(=O)c2cc(-c3ccccc3)on2)s1. The van der Waals surface area contributed by atoms with Gasteiger partial charge in [-0.1, -0.05) is 49.3 Å². The summed E-state index contributed by atoms with van der Waals surface area (Å²) < 4.78 is 29.7. The van der Waals surface area contributed by atoms with Gasteiger partial charge in [-0.25, -0.2) is 8.42 Å². The summed E-state index contributed by atoms with van der Waals surface area (Å²) in [5.41, 5.74) is 0.899. The lowest BCUT2D eigenvalue weighted by Crippen LogP contribution is -2.29. The van der Waals surface area contributed by atoms with E-state index in [1.54, 1.807) is 0 Å². The second-order valence-corrected chi connectivity index (χ2v) is 9.76. The Hall–Kier alpha value is -2.59. The lowest BCUT2D eigenvalue weighted by molar-refractivity contribution is 0.0947. The Morgan fingerprint density at radius 2 is 1.96 bits per heavy atom. The number of nitrogens with zero attached hydrogens (tertiary/aromatic N) is 3. The third kappa shape index (κ3) is 5.23. The molecule has 1 amide bonds. The van der Waals surface area contributed by atoms with Crippen molar-refractivity contribution in [3.05, 3.63) is 52.1 Å². The van der Waals surface area contributed by atoms with Crippen molar-refractivity contribution in [1.82, 2.24) is 20.7 Å². The van der Waals surface area contributed by atoms with Gasteiger partial charge in [0.1, 0.15) is 15.8 Å². The first-order chi connectivity index (χ1) is 13.3. The quantitative estimate of drug-likeness (QED) is 0.596. The van der Waals surface area contributed by atoms with Gasteiger partial charge in [0.05, 0.1) is 5.75 Å². The molecule has 0 atom stereocenters. The van der Waals surface area contributed by atoms with E-state index in [1.165, 1.54) is 17.4 Å². The molecule has 148 valence electrons. The molecule has 0 aliphatic carbocycles. The molecule has 10 heteroatoms. The van der Waals surface area contributed by atoms with Crippen molar-refractivity contribution in [3.63, 3.8) is 0 Å². The maximum atomic E-state index is 12.2. The Balaban J connectivity index is 1.52. The molecule has 0 saturated carbocycles. The van der Waals surface area contributed by atoms with Gasteiger partial charge in [0.25, 0.3) is 5.91 Å². The van der Waals surface area contributed by atoms with Crippen molar-refractivity contribution in [2.24, 2.45) is 0 Å². The first-order valence-electron chi connectivity index (χ1n) is 8.67. The van der Waals surface area contributed by atoms with Crippen LogP contribution < -0.4 is 5.32 Å². The number of carbonyl (C=O) groups excluding carboxylic acids is 1. The fraction of sp³-hybridized carbons (Fsp3) is 0.333. The van der Waals surface area contributed by atoms with Crippen LogP contribution in [0.25, 0.3) is 11.3 Å². The van der Waals surface area contributed by atoms with E-state index in [2.05, 4.69) is 20.7 Å². The Labute approximate surface area is 166 Å². The number of carbonyl (C=O) groups is 1. The lowest BCUT2D eigenvalue weighted by Gasteiger charge is -2.03. The van der Waals surface area contributed by atoms with Gasteiger partial charge >= 0.3 is 0 Å². The number of aromatic nitrogens is 3.